The molecule has 0 aromatic carbocycles. The van der Waals surface area contributed by atoms with Crippen molar-refractivity contribution >= 4 is 5.91 Å². The van der Waals surface area contributed by atoms with Crippen molar-refractivity contribution in [2.24, 2.45) is 11.3 Å². The number of nitrogens with zero attached hydrogens (tertiary/aromatic N) is 5. The Morgan fingerprint density at radius 3 is 2.08 bits per heavy atom. The summed E-state index contributed by atoms with van der Waals surface area (Å²) in [6, 6.07) is 0.521. The molecule has 1 aromatic heterocycles. The number of hydrogen-bond donors (Lipinski definition) is 0. The number of hydrogen-bond acceptors (Lipinski definition) is 6. The van der Waals surface area contributed by atoms with Crippen molar-refractivity contribution < 1.29 is 14.3 Å². The predicted molar refractivity (Wildman–Crippen MR) is 154 cm³/mol. The fraction of sp³-hybridized carbons (Fsp3) is 0.900. The third kappa shape index (κ3) is 9.91. The van der Waals surface area contributed by atoms with Crippen LogP contribution in [0.25, 0.3) is 0 Å². The van der Waals surface area contributed by atoms with E-state index in [4.69, 9.17) is 9.47 Å². The van der Waals surface area contributed by atoms with Crippen molar-refractivity contribution in [3.8, 4) is 0 Å². The second-order valence-corrected chi connectivity index (χ2v) is 14.4. The van der Waals surface area contributed by atoms with Gasteiger partial charge in [0.1, 0.15) is 0 Å². The molecule has 2 rings (SSSR count). The minimum Gasteiger partial charge on any atom is -0.375 e. The molecule has 220 valence electrons. The lowest BCUT2D eigenvalue weighted by molar-refractivity contribution is -0.141. The van der Waals surface area contributed by atoms with Gasteiger partial charge in [-0.1, -0.05) is 32.9 Å². The fourth-order valence-electron chi connectivity index (χ4n) is 4.49. The number of ether oxygens (including phenoxy) is 2. The first-order valence-corrected chi connectivity index (χ1v) is 14.5. The van der Waals surface area contributed by atoms with Crippen LogP contribution in [0.1, 0.15) is 102 Å². The lowest BCUT2D eigenvalue weighted by atomic mass is 9.78. The molecule has 1 amide bonds. The molecule has 1 aliphatic rings. The van der Waals surface area contributed by atoms with Crippen LogP contribution in [-0.2, 0) is 26.2 Å². The predicted octanol–water partition coefficient (Wildman–Crippen LogP) is 5.16. The molecule has 8 nitrogen and oxygen atoms in total. The highest BCUT2D eigenvalue weighted by Crippen LogP contribution is 2.31. The van der Waals surface area contributed by atoms with Gasteiger partial charge in [0, 0.05) is 51.4 Å². The van der Waals surface area contributed by atoms with E-state index in [9.17, 15) is 4.79 Å². The average Bonchev–Trinajstić information content (AvgIpc) is 3.26. The standard InChI is InChI=1S/C30H57N5O3/c1-23(2)27(5,6)13-18-37-29(9,10)19-25-21-35(32-31-25)28(7,8)22-38-30(11,12)20-26(36)34-16-14-33(15-17-34)24(3)4/h21,23-24H,13-20,22H2,1-12H3. The van der Waals surface area contributed by atoms with E-state index in [1.807, 2.05) is 29.6 Å². The van der Waals surface area contributed by atoms with E-state index in [-0.39, 0.29) is 16.9 Å². The van der Waals surface area contributed by atoms with Gasteiger partial charge in [0.15, 0.2) is 0 Å². The van der Waals surface area contributed by atoms with Gasteiger partial charge in [-0.2, -0.15) is 0 Å². The number of rotatable bonds is 14. The van der Waals surface area contributed by atoms with Crippen molar-refractivity contribution in [3.05, 3.63) is 11.9 Å². The molecule has 1 aromatic rings. The van der Waals surface area contributed by atoms with Crippen molar-refractivity contribution in [1.29, 1.82) is 0 Å². The smallest absolute Gasteiger partial charge is 0.225 e. The summed E-state index contributed by atoms with van der Waals surface area (Å²) in [5.74, 6) is 0.778. The Morgan fingerprint density at radius 1 is 0.921 bits per heavy atom. The van der Waals surface area contributed by atoms with Crippen molar-refractivity contribution in [2.75, 3.05) is 39.4 Å². The summed E-state index contributed by atoms with van der Waals surface area (Å²) < 4.78 is 14.5. The van der Waals surface area contributed by atoms with Gasteiger partial charge in [-0.15, -0.1) is 5.10 Å². The minimum atomic E-state index is -0.563. The fourth-order valence-corrected chi connectivity index (χ4v) is 4.49. The SMILES string of the molecule is CC(C)N1CCN(C(=O)CC(C)(C)OCC(C)(C)n2cc(CC(C)(C)OCCC(C)(C)C(C)C)nn2)CC1. The Hall–Kier alpha value is -1.51. The van der Waals surface area contributed by atoms with E-state index in [0.29, 0.717) is 31.4 Å². The van der Waals surface area contributed by atoms with Crippen LogP contribution in [0.3, 0.4) is 0 Å². The zero-order chi connectivity index (χ0) is 28.9. The van der Waals surface area contributed by atoms with Gasteiger partial charge in [0.05, 0.1) is 35.5 Å². The summed E-state index contributed by atoms with van der Waals surface area (Å²) in [6.45, 7) is 30.6. The zero-order valence-electron chi connectivity index (χ0n) is 26.6. The first kappa shape index (κ1) is 32.7. The topological polar surface area (TPSA) is 72.7 Å². The highest BCUT2D eigenvalue weighted by atomic mass is 16.5. The molecule has 0 bridgehead atoms. The Bertz CT molecular complexity index is 880. The van der Waals surface area contributed by atoms with Gasteiger partial charge in [-0.3, -0.25) is 9.69 Å². The van der Waals surface area contributed by atoms with Crippen LogP contribution in [0.2, 0.25) is 0 Å². The minimum absolute atomic E-state index is 0.165. The number of carbonyl (C=O) groups excluding carboxylic acids is 1. The van der Waals surface area contributed by atoms with Crippen molar-refractivity contribution in [3.63, 3.8) is 0 Å². The summed E-state index contributed by atoms with van der Waals surface area (Å²) in [6.07, 6.45) is 4.08. The molecule has 1 fully saturated rings. The first-order valence-electron chi connectivity index (χ1n) is 14.5. The molecule has 0 saturated carbocycles. The average molecular weight is 536 g/mol. The zero-order valence-corrected chi connectivity index (χ0v) is 26.6. The third-order valence-electron chi connectivity index (χ3n) is 8.36. The summed E-state index contributed by atoms with van der Waals surface area (Å²) in [7, 11) is 0. The Kier molecular flexibility index (Phi) is 11.0. The van der Waals surface area contributed by atoms with Gasteiger partial charge >= 0.3 is 0 Å². The quantitative estimate of drug-likeness (QED) is 0.328. The summed E-state index contributed by atoms with van der Waals surface area (Å²) in [5, 5.41) is 8.86. The molecular weight excluding hydrogens is 478 g/mol. The van der Waals surface area contributed by atoms with E-state index < -0.39 is 11.1 Å². The monoisotopic (exact) mass is 535 g/mol. The Morgan fingerprint density at radius 2 is 1.53 bits per heavy atom. The molecule has 1 aliphatic heterocycles. The maximum Gasteiger partial charge on any atom is 0.225 e. The van der Waals surface area contributed by atoms with Crippen molar-refractivity contribution in [2.45, 2.75) is 125 Å². The van der Waals surface area contributed by atoms with E-state index >= 15 is 0 Å². The van der Waals surface area contributed by atoms with Crippen LogP contribution in [0.4, 0.5) is 0 Å². The van der Waals surface area contributed by atoms with Crippen LogP contribution in [-0.4, -0.2) is 87.3 Å². The van der Waals surface area contributed by atoms with Crippen LogP contribution >= 0.6 is 0 Å². The molecule has 0 unspecified atom stereocenters. The highest BCUT2D eigenvalue weighted by Gasteiger charge is 2.32. The molecule has 0 aliphatic carbocycles. The Balaban J connectivity index is 1.87. The van der Waals surface area contributed by atoms with Crippen molar-refractivity contribution in [1.82, 2.24) is 24.8 Å². The van der Waals surface area contributed by atoms with E-state index in [1.165, 1.54) is 0 Å². The molecule has 8 heteroatoms. The van der Waals surface area contributed by atoms with E-state index in [1.54, 1.807) is 0 Å². The second kappa shape index (κ2) is 12.8. The maximum atomic E-state index is 13.0. The molecule has 38 heavy (non-hydrogen) atoms. The van der Waals surface area contributed by atoms with Gasteiger partial charge in [-0.05, 0) is 73.1 Å². The van der Waals surface area contributed by atoms with E-state index in [0.717, 1.165) is 44.9 Å². The van der Waals surface area contributed by atoms with Gasteiger partial charge in [0.2, 0.25) is 5.91 Å². The molecule has 0 N–H and O–H groups in total. The lowest BCUT2D eigenvalue weighted by Gasteiger charge is -2.38. The highest BCUT2D eigenvalue weighted by molar-refractivity contribution is 5.77. The number of amides is 1. The number of piperazine rings is 1. The van der Waals surface area contributed by atoms with Crippen LogP contribution in [0, 0.1) is 11.3 Å². The maximum absolute atomic E-state index is 13.0. The lowest BCUT2D eigenvalue weighted by Crippen LogP contribution is -2.52. The molecule has 0 radical (unpaired) electrons. The van der Waals surface area contributed by atoms with Gasteiger partial charge in [-0.25, -0.2) is 4.68 Å². The molecule has 2 heterocycles. The van der Waals surface area contributed by atoms with E-state index in [2.05, 4.69) is 84.4 Å². The molecular formula is C30H57N5O3. The summed E-state index contributed by atoms with van der Waals surface area (Å²) in [4.78, 5) is 17.4. The van der Waals surface area contributed by atoms with Crippen LogP contribution < -0.4 is 0 Å². The molecule has 0 spiro atoms. The third-order valence-corrected chi connectivity index (χ3v) is 8.36. The largest absolute Gasteiger partial charge is 0.375 e. The Labute approximate surface area is 232 Å². The molecule has 0 atom stereocenters. The number of aromatic nitrogens is 3. The van der Waals surface area contributed by atoms with Gasteiger partial charge < -0.3 is 14.4 Å². The molecule has 1 saturated heterocycles. The summed E-state index contributed by atoms with van der Waals surface area (Å²) in [5.41, 5.74) is -0.129. The first-order chi connectivity index (χ1) is 17.3. The van der Waals surface area contributed by atoms with Crippen LogP contribution in [0.15, 0.2) is 6.20 Å². The normalized spacial score (nSPS) is 16.6. The summed E-state index contributed by atoms with van der Waals surface area (Å²) >= 11 is 0. The second-order valence-electron chi connectivity index (χ2n) is 14.4. The van der Waals surface area contributed by atoms with Crippen LogP contribution in [0.5, 0.6) is 0 Å². The van der Waals surface area contributed by atoms with Gasteiger partial charge in [0.25, 0.3) is 0 Å². The number of carbonyl (C=O) groups is 1.